The third-order valence-corrected chi connectivity index (χ3v) is 5.99. The van der Waals surface area contributed by atoms with Crippen molar-refractivity contribution in [1.29, 1.82) is 0 Å². The van der Waals surface area contributed by atoms with Crippen LogP contribution in [0.25, 0.3) is 21.5 Å². The molecule has 1 aliphatic rings. The van der Waals surface area contributed by atoms with Crippen LogP contribution in [0.4, 0.5) is 0 Å². The first kappa shape index (κ1) is 18.0. The fraction of sp³-hybridized carbons (Fsp3) is 0.231. The van der Waals surface area contributed by atoms with Crippen LogP contribution in [0.3, 0.4) is 0 Å². The number of rotatable bonds is 5. The molecule has 29 heavy (non-hydrogen) atoms. The fourth-order valence-corrected chi connectivity index (χ4v) is 4.36. The Labute approximate surface area is 171 Å². The van der Waals surface area contributed by atoms with Crippen LogP contribution in [0.5, 0.6) is 11.5 Å². The molecule has 0 saturated heterocycles. The predicted molar refractivity (Wildman–Crippen MR) is 119 cm³/mol. The second-order valence-corrected chi connectivity index (χ2v) is 7.88. The predicted octanol–water partition coefficient (Wildman–Crippen LogP) is 5.46. The summed E-state index contributed by atoms with van der Waals surface area (Å²) in [6.45, 7) is 0. The Morgan fingerprint density at radius 2 is 1.31 bits per heavy atom. The second kappa shape index (κ2) is 7.41. The van der Waals surface area contributed by atoms with Crippen LogP contribution in [0, 0.1) is 0 Å². The molecular weight excluding hydrogens is 358 g/mol. The minimum atomic E-state index is 0.208. The SMILES string of the molecule is COc1ccc2ccccc2c1Cc1c(OC2CC(N)C2)ccc2ccccc12. The van der Waals surface area contributed by atoms with E-state index in [0.29, 0.717) is 0 Å². The van der Waals surface area contributed by atoms with Gasteiger partial charge >= 0.3 is 0 Å². The second-order valence-electron chi connectivity index (χ2n) is 7.88. The molecule has 0 heterocycles. The van der Waals surface area contributed by atoms with Crippen LogP contribution in [0.15, 0.2) is 72.8 Å². The van der Waals surface area contributed by atoms with E-state index in [-0.39, 0.29) is 12.1 Å². The molecule has 0 amide bonds. The molecule has 0 aliphatic heterocycles. The van der Waals surface area contributed by atoms with E-state index in [4.69, 9.17) is 15.2 Å². The normalized spacial score (nSPS) is 18.6. The van der Waals surface area contributed by atoms with Gasteiger partial charge in [0.05, 0.1) is 7.11 Å². The highest BCUT2D eigenvalue weighted by molar-refractivity contribution is 5.91. The zero-order valence-corrected chi connectivity index (χ0v) is 16.6. The van der Waals surface area contributed by atoms with Gasteiger partial charge in [0.2, 0.25) is 0 Å². The van der Waals surface area contributed by atoms with Crippen LogP contribution >= 0.6 is 0 Å². The minimum Gasteiger partial charge on any atom is -0.496 e. The molecule has 5 rings (SSSR count). The highest BCUT2D eigenvalue weighted by atomic mass is 16.5. The first-order chi connectivity index (χ1) is 14.2. The molecule has 1 fully saturated rings. The van der Waals surface area contributed by atoms with E-state index in [1.54, 1.807) is 7.11 Å². The minimum absolute atomic E-state index is 0.208. The average Bonchev–Trinajstić information content (AvgIpc) is 2.74. The molecule has 4 aromatic carbocycles. The van der Waals surface area contributed by atoms with Gasteiger partial charge in [0.25, 0.3) is 0 Å². The Morgan fingerprint density at radius 1 is 0.759 bits per heavy atom. The molecule has 1 aliphatic carbocycles. The monoisotopic (exact) mass is 383 g/mol. The van der Waals surface area contributed by atoms with Gasteiger partial charge in [-0.2, -0.15) is 0 Å². The molecule has 3 nitrogen and oxygen atoms in total. The molecule has 0 aromatic heterocycles. The lowest BCUT2D eigenvalue weighted by atomic mass is 9.89. The Hall–Kier alpha value is -3.04. The lowest BCUT2D eigenvalue weighted by molar-refractivity contribution is 0.100. The van der Waals surface area contributed by atoms with Crippen LogP contribution in [0.2, 0.25) is 0 Å². The Kier molecular flexibility index (Phi) is 4.61. The molecule has 0 spiro atoms. The summed E-state index contributed by atoms with van der Waals surface area (Å²) < 4.78 is 12.1. The quantitative estimate of drug-likeness (QED) is 0.498. The van der Waals surface area contributed by atoms with E-state index >= 15 is 0 Å². The van der Waals surface area contributed by atoms with Crippen LogP contribution in [-0.4, -0.2) is 19.3 Å². The van der Waals surface area contributed by atoms with E-state index in [0.717, 1.165) is 30.8 Å². The third kappa shape index (κ3) is 3.32. The van der Waals surface area contributed by atoms with Crippen molar-refractivity contribution < 1.29 is 9.47 Å². The van der Waals surface area contributed by atoms with Gasteiger partial charge in [-0.1, -0.05) is 60.7 Å². The highest BCUT2D eigenvalue weighted by Crippen LogP contribution is 2.37. The summed E-state index contributed by atoms with van der Waals surface area (Å²) in [4.78, 5) is 0. The molecule has 0 radical (unpaired) electrons. The van der Waals surface area contributed by atoms with Crippen molar-refractivity contribution in [1.82, 2.24) is 0 Å². The van der Waals surface area contributed by atoms with Gasteiger partial charge in [0.1, 0.15) is 17.6 Å². The van der Waals surface area contributed by atoms with Crippen molar-refractivity contribution >= 4 is 21.5 Å². The van der Waals surface area contributed by atoms with Crippen molar-refractivity contribution in [3.63, 3.8) is 0 Å². The molecule has 0 unspecified atom stereocenters. The Balaban J connectivity index is 1.65. The van der Waals surface area contributed by atoms with Crippen molar-refractivity contribution in [3.8, 4) is 11.5 Å². The topological polar surface area (TPSA) is 44.5 Å². The Bertz CT molecular complexity index is 1180. The van der Waals surface area contributed by atoms with E-state index in [9.17, 15) is 0 Å². The number of hydrogen-bond donors (Lipinski definition) is 1. The maximum Gasteiger partial charge on any atom is 0.123 e. The van der Waals surface area contributed by atoms with E-state index < -0.39 is 0 Å². The molecule has 0 bridgehead atoms. The summed E-state index contributed by atoms with van der Waals surface area (Å²) in [6, 6.07) is 25.7. The van der Waals surface area contributed by atoms with Crippen LogP contribution in [-0.2, 0) is 6.42 Å². The van der Waals surface area contributed by atoms with Gasteiger partial charge in [0, 0.05) is 23.6 Å². The van der Waals surface area contributed by atoms with Crippen molar-refractivity contribution in [2.75, 3.05) is 7.11 Å². The lowest BCUT2D eigenvalue weighted by Gasteiger charge is -2.33. The maximum atomic E-state index is 6.40. The zero-order chi connectivity index (χ0) is 19.8. The molecular formula is C26H25NO2. The number of ether oxygens (including phenoxy) is 2. The van der Waals surface area contributed by atoms with Gasteiger partial charge in [-0.15, -0.1) is 0 Å². The number of benzene rings is 4. The Morgan fingerprint density at radius 3 is 1.90 bits per heavy atom. The summed E-state index contributed by atoms with van der Waals surface area (Å²) in [7, 11) is 1.74. The first-order valence-electron chi connectivity index (χ1n) is 10.2. The van der Waals surface area contributed by atoms with Gasteiger partial charge in [-0.05, 0) is 46.5 Å². The summed E-state index contributed by atoms with van der Waals surface area (Å²) in [6.07, 6.45) is 2.80. The third-order valence-electron chi connectivity index (χ3n) is 5.99. The number of methoxy groups -OCH3 is 1. The van der Waals surface area contributed by atoms with E-state index in [2.05, 4.69) is 72.8 Å². The summed E-state index contributed by atoms with van der Waals surface area (Å²) >= 11 is 0. The molecule has 2 N–H and O–H groups in total. The summed E-state index contributed by atoms with van der Waals surface area (Å²) in [5, 5.41) is 4.88. The van der Waals surface area contributed by atoms with E-state index in [1.807, 2.05) is 0 Å². The molecule has 1 saturated carbocycles. The van der Waals surface area contributed by atoms with Crippen LogP contribution in [0.1, 0.15) is 24.0 Å². The van der Waals surface area contributed by atoms with Gasteiger partial charge in [-0.3, -0.25) is 0 Å². The summed E-state index contributed by atoms with van der Waals surface area (Å²) in [5.74, 6) is 1.86. The first-order valence-corrected chi connectivity index (χ1v) is 10.2. The van der Waals surface area contributed by atoms with E-state index in [1.165, 1.54) is 32.7 Å². The van der Waals surface area contributed by atoms with Gasteiger partial charge in [-0.25, -0.2) is 0 Å². The number of nitrogens with two attached hydrogens (primary N) is 1. The highest BCUT2D eigenvalue weighted by Gasteiger charge is 2.28. The van der Waals surface area contributed by atoms with Crippen molar-refractivity contribution in [2.45, 2.75) is 31.4 Å². The van der Waals surface area contributed by atoms with Crippen molar-refractivity contribution in [2.24, 2.45) is 5.73 Å². The lowest BCUT2D eigenvalue weighted by Crippen LogP contribution is -2.43. The zero-order valence-electron chi connectivity index (χ0n) is 16.6. The number of fused-ring (bicyclic) bond motifs is 2. The fourth-order valence-electron chi connectivity index (χ4n) is 4.36. The standard InChI is InChI=1S/C26H25NO2/c1-28-25-12-10-17-6-2-4-8-21(17)23(25)16-24-22-9-5-3-7-18(22)11-13-26(24)29-20-14-19(27)15-20/h2-13,19-20H,14-16,27H2,1H3. The molecule has 0 atom stereocenters. The van der Waals surface area contributed by atoms with Crippen molar-refractivity contribution in [3.05, 3.63) is 83.9 Å². The van der Waals surface area contributed by atoms with Crippen LogP contribution < -0.4 is 15.2 Å². The van der Waals surface area contributed by atoms with Gasteiger partial charge in [0.15, 0.2) is 0 Å². The van der Waals surface area contributed by atoms with Gasteiger partial charge < -0.3 is 15.2 Å². The molecule has 3 heteroatoms. The molecule has 146 valence electrons. The smallest absolute Gasteiger partial charge is 0.123 e. The summed E-state index contributed by atoms with van der Waals surface area (Å²) in [5.41, 5.74) is 8.38. The average molecular weight is 383 g/mol. The molecule has 4 aromatic rings. The maximum absolute atomic E-state index is 6.40. The largest absolute Gasteiger partial charge is 0.496 e. The number of hydrogen-bond acceptors (Lipinski definition) is 3.